The predicted molar refractivity (Wildman–Crippen MR) is 199 cm³/mol. The molecule has 6 aliphatic rings. The molecule has 289 valence electrons. The summed E-state index contributed by atoms with van der Waals surface area (Å²) in [5.74, 6) is -1.01. The molecule has 16 heteroatoms. The number of anilines is 1. The number of benzene rings is 1. The zero-order valence-corrected chi connectivity index (χ0v) is 36.1. The van der Waals surface area contributed by atoms with Crippen molar-refractivity contribution in [1.29, 1.82) is 0 Å². The molecule has 9 rings (SSSR count). The van der Waals surface area contributed by atoms with Crippen molar-refractivity contribution in [2.45, 2.75) is 99.3 Å². The molecule has 5 fully saturated rings. The number of pyridine rings is 1. The number of rotatable bonds is 7. The van der Waals surface area contributed by atoms with Crippen LogP contribution < -0.4 is 9.64 Å². The number of fused-ring (bicyclic) bond motifs is 5. The Kier molecular flexibility index (Phi) is 9.30. The second-order valence-corrected chi connectivity index (χ2v) is 21.4. The molecular weight excluding hydrogens is 906 g/mol. The fourth-order valence-corrected chi connectivity index (χ4v) is 13.0. The first-order valence-electron chi connectivity index (χ1n) is 19.3. The van der Waals surface area contributed by atoms with Crippen LogP contribution in [0.5, 0.6) is 6.01 Å². The maximum atomic E-state index is 17.3. The number of ether oxygens (including phenoxy) is 2. The molecule has 6 aliphatic heterocycles. The van der Waals surface area contributed by atoms with Crippen LogP contribution in [0.3, 0.4) is 0 Å². The van der Waals surface area contributed by atoms with E-state index in [0.717, 1.165) is 38.8 Å². The van der Waals surface area contributed by atoms with Gasteiger partial charge in [-0.05, 0) is 53.0 Å². The number of amides is 2. The molecule has 3 unspecified atom stereocenters. The molecule has 0 aliphatic carbocycles. The third kappa shape index (κ3) is 6.64. The van der Waals surface area contributed by atoms with Crippen molar-refractivity contribution < 1.29 is 32.2 Å². The summed E-state index contributed by atoms with van der Waals surface area (Å²) in [5, 5.41) is 0.339. The van der Waals surface area contributed by atoms with Crippen molar-refractivity contribution in [2.24, 2.45) is 0 Å². The summed E-state index contributed by atoms with van der Waals surface area (Å²) in [6.45, 7) is 8.58. The summed E-state index contributed by atoms with van der Waals surface area (Å²) in [6, 6.07) is 4.12. The first-order valence-corrected chi connectivity index (χ1v) is 25.8. The van der Waals surface area contributed by atoms with Crippen LogP contribution in [-0.4, -0.2) is 144 Å². The Balaban J connectivity index is 1.12. The second kappa shape index (κ2) is 13.8. The van der Waals surface area contributed by atoms with Gasteiger partial charge in [-0.25, -0.2) is 9.18 Å². The standard InChI is InChI=1S/C38H42F3N8O4.CH3.Tl/c1-37(2,3)53-36(51)49-23-8-9-24(49)18-46(17-23)33-25-13-43-31(26-19-47(34(50)28-14-42-28)15-21-6-4-7-27(40)29(21)26)30(41)32(25)44-35(45-33)52-20-38-10-5-11-48(38)16-22(39)12-38;;/h4,6-7,13,19,22-24,28H,5,8-12,14-18,20H2,1-3H3;1H3;/q-1;;+1/t22-,23?,24?,28-,38+;;/m1../s1. The van der Waals surface area contributed by atoms with Crippen LogP contribution in [0.2, 0.25) is 4.48 Å². The first kappa shape index (κ1) is 37.0. The molecule has 3 aromatic rings. The van der Waals surface area contributed by atoms with Crippen LogP contribution in [0.4, 0.5) is 23.8 Å². The number of nitrogens with zero attached hydrogens (tertiary/aromatic N) is 8. The van der Waals surface area contributed by atoms with Crippen LogP contribution in [0.15, 0.2) is 30.6 Å². The molecule has 6 atom stereocenters. The van der Waals surface area contributed by atoms with E-state index in [1.807, 2.05) is 30.6 Å². The minimum absolute atomic E-state index is 0.0512. The molecule has 2 amide bonds. The van der Waals surface area contributed by atoms with Gasteiger partial charge in [0.1, 0.15) is 18.4 Å². The van der Waals surface area contributed by atoms with E-state index < -0.39 is 53.5 Å². The number of carbonyl (C=O) groups is 2. The average Bonchev–Trinajstić information content (AvgIpc) is 3.63. The molecule has 2 bridgehead atoms. The van der Waals surface area contributed by atoms with Gasteiger partial charge < -0.3 is 4.74 Å². The Labute approximate surface area is 330 Å². The van der Waals surface area contributed by atoms with Crippen molar-refractivity contribution in [3.8, 4) is 6.01 Å². The minimum atomic E-state index is -1.14. The molecule has 0 N–H and O–H groups in total. The Morgan fingerprint density at radius 1 is 1.07 bits per heavy atom. The number of piperazine rings is 1. The molecule has 12 nitrogen and oxygen atoms in total. The Hall–Kier alpha value is -3.58. The molecule has 0 radical (unpaired) electrons. The quantitative estimate of drug-likeness (QED) is 0.239. The number of halogens is 3. The molecule has 2 aromatic heterocycles. The van der Waals surface area contributed by atoms with E-state index in [2.05, 4.69) is 22.1 Å². The van der Waals surface area contributed by atoms with Gasteiger partial charge in [-0.1, -0.05) is 0 Å². The number of hydrogen-bond acceptors (Lipinski definition) is 10. The summed E-state index contributed by atoms with van der Waals surface area (Å²) in [6.07, 6.45) is 5.34. The topological polar surface area (TPSA) is 107 Å². The van der Waals surface area contributed by atoms with E-state index in [9.17, 15) is 14.0 Å². The van der Waals surface area contributed by atoms with E-state index in [1.165, 1.54) is 18.5 Å². The average molecular weight is 951 g/mol. The van der Waals surface area contributed by atoms with Gasteiger partial charge in [-0.15, -0.1) is 0 Å². The van der Waals surface area contributed by atoms with Gasteiger partial charge in [-0.2, -0.15) is 0 Å². The number of alkyl halides is 1. The Morgan fingerprint density at radius 2 is 1.85 bits per heavy atom. The summed E-state index contributed by atoms with van der Waals surface area (Å²) in [4.78, 5) is 48.5. The molecule has 1 aromatic carbocycles. The van der Waals surface area contributed by atoms with Crippen molar-refractivity contribution in [3.05, 3.63) is 59.1 Å². The van der Waals surface area contributed by atoms with Gasteiger partial charge in [0, 0.05) is 26.1 Å². The van der Waals surface area contributed by atoms with Crippen LogP contribution in [0.25, 0.3) is 16.5 Å². The van der Waals surface area contributed by atoms with Crippen molar-refractivity contribution >= 4 is 58.8 Å². The SMILES string of the molecule is [CH3][Tl][N]1C[C@@H]1C(=O)N1C=C(c2ncc3c(N4CC5CCC(C4)N5C(=O)OC(C)(C)C)nc(OC[C@@]45CCCN4C[C@H](F)C5)nc3c2F)c2c(F)cccc2C1. The summed E-state index contributed by atoms with van der Waals surface area (Å²) in [7, 11) is 0. The molecule has 0 spiro atoms. The number of hydrogen-bond donors (Lipinski definition) is 0. The predicted octanol–water partition coefficient (Wildman–Crippen LogP) is 4.93. The fourth-order valence-electron chi connectivity index (χ4n) is 9.47. The monoisotopic (exact) mass is 951 g/mol. The van der Waals surface area contributed by atoms with E-state index in [-0.39, 0.29) is 71.6 Å². The van der Waals surface area contributed by atoms with Crippen LogP contribution in [0.1, 0.15) is 69.7 Å². The van der Waals surface area contributed by atoms with Crippen molar-refractivity contribution in [2.75, 3.05) is 44.2 Å². The van der Waals surface area contributed by atoms with Crippen molar-refractivity contribution in [3.63, 3.8) is 0 Å². The molecule has 0 saturated carbocycles. The Bertz CT molecular complexity index is 2090. The zero-order chi connectivity index (χ0) is 38.4. The number of aromatic nitrogens is 3. The third-order valence-corrected chi connectivity index (χ3v) is 16.9. The third-order valence-electron chi connectivity index (χ3n) is 12.1. The molecule has 8 heterocycles. The van der Waals surface area contributed by atoms with Gasteiger partial charge in [0.15, 0.2) is 0 Å². The van der Waals surface area contributed by atoms with Crippen LogP contribution in [0, 0.1) is 11.6 Å². The van der Waals surface area contributed by atoms with Gasteiger partial charge in [0.05, 0.1) is 17.6 Å². The van der Waals surface area contributed by atoms with Gasteiger partial charge in [0.25, 0.3) is 0 Å². The van der Waals surface area contributed by atoms with Gasteiger partial charge in [-0.3, -0.25) is 9.80 Å². The summed E-state index contributed by atoms with van der Waals surface area (Å²) < 4.78 is 64.1. The van der Waals surface area contributed by atoms with E-state index in [0.29, 0.717) is 42.8 Å². The molecule has 5 saturated heterocycles. The van der Waals surface area contributed by atoms with E-state index >= 15 is 8.78 Å². The van der Waals surface area contributed by atoms with Crippen LogP contribution >= 0.6 is 0 Å². The fraction of sp³-hybridized carbons (Fsp3) is 0.564. The maximum absolute atomic E-state index is 17.3. The van der Waals surface area contributed by atoms with Crippen LogP contribution in [-0.2, 0) is 16.1 Å². The van der Waals surface area contributed by atoms with E-state index in [4.69, 9.17) is 14.5 Å². The van der Waals surface area contributed by atoms with Crippen molar-refractivity contribution in [1.82, 2.24) is 32.4 Å². The summed E-state index contributed by atoms with van der Waals surface area (Å²) >= 11 is -1.14. The molecule has 55 heavy (non-hydrogen) atoms. The number of carbonyl (C=O) groups excluding carboxylic acids is 2. The van der Waals surface area contributed by atoms with Gasteiger partial charge in [0.2, 0.25) is 0 Å². The second-order valence-electron chi connectivity index (χ2n) is 16.8. The van der Waals surface area contributed by atoms with Gasteiger partial charge >= 0.3 is 193 Å². The Morgan fingerprint density at radius 3 is 2.58 bits per heavy atom. The normalized spacial score (nSPS) is 28.5. The molecular formula is C39H45F3N8O4Tl. The van der Waals surface area contributed by atoms with E-state index in [1.54, 1.807) is 17.0 Å². The zero-order valence-electron chi connectivity index (χ0n) is 31.6. The first-order chi connectivity index (χ1) is 26.3. The summed E-state index contributed by atoms with van der Waals surface area (Å²) in [5.41, 5.74) is -0.404.